The number of rotatable bonds is 5. The number of carbonyl (C=O) groups is 3. The zero-order valence-electron chi connectivity index (χ0n) is 16.4. The van der Waals surface area contributed by atoms with Gasteiger partial charge >= 0.3 is 6.01 Å². The molecule has 0 aliphatic carbocycles. The topological polar surface area (TPSA) is 101 Å². The summed E-state index contributed by atoms with van der Waals surface area (Å²) >= 11 is 0. The van der Waals surface area contributed by atoms with Crippen LogP contribution in [0.3, 0.4) is 0 Å². The highest BCUT2D eigenvalue weighted by atomic mass is 16.5. The third kappa shape index (κ3) is 3.88. The van der Waals surface area contributed by atoms with E-state index >= 15 is 0 Å². The Morgan fingerprint density at radius 1 is 0.933 bits per heavy atom. The van der Waals surface area contributed by atoms with Gasteiger partial charge in [0.05, 0.1) is 11.1 Å². The van der Waals surface area contributed by atoms with E-state index in [-0.39, 0.29) is 12.6 Å². The first-order valence-corrected chi connectivity index (χ1v) is 9.26. The molecule has 3 aromatic rings. The van der Waals surface area contributed by atoms with Crippen LogP contribution < -0.4 is 10.1 Å². The number of fused-ring (bicyclic) bond motifs is 1. The van der Waals surface area contributed by atoms with Crippen molar-refractivity contribution >= 4 is 23.4 Å². The summed E-state index contributed by atoms with van der Waals surface area (Å²) in [6.07, 6.45) is 0. The molecule has 2 aromatic carbocycles. The van der Waals surface area contributed by atoms with Gasteiger partial charge in [-0.1, -0.05) is 12.1 Å². The zero-order chi connectivity index (χ0) is 21.3. The van der Waals surface area contributed by atoms with Crippen LogP contribution in [-0.2, 0) is 4.79 Å². The van der Waals surface area contributed by atoms with E-state index in [9.17, 15) is 14.4 Å². The Morgan fingerprint density at radius 2 is 1.50 bits per heavy atom. The molecule has 1 aromatic heterocycles. The predicted molar refractivity (Wildman–Crippen MR) is 108 cm³/mol. The zero-order valence-corrected chi connectivity index (χ0v) is 16.4. The summed E-state index contributed by atoms with van der Waals surface area (Å²) in [5.74, 6) is -0.903. The number of anilines is 1. The lowest BCUT2D eigenvalue weighted by Crippen LogP contribution is -2.37. The van der Waals surface area contributed by atoms with E-state index in [1.165, 1.54) is 0 Å². The van der Waals surface area contributed by atoms with Crippen LogP contribution in [-0.4, -0.2) is 39.1 Å². The molecule has 8 heteroatoms. The number of hydrogen-bond donors (Lipinski definition) is 1. The molecule has 150 valence electrons. The van der Waals surface area contributed by atoms with Crippen molar-refractivity contribution in [1.29, 1.82) is 0 Å². The number of imide groups is 1. The molecule has 1 aliphatic heterocycles. The Hall–Kier alpha value is -4.07. The third-order valence-electron chi connectivity index (χ3n) is 4.49. The van der Waals surface area contributed by atoms with Gasteiger partial charge in [-0.3, -0.25) is 19.3 Å². The summed E-state index contributed by atoms with van der Waals surface area (Å²) in [4.78, 5) is 46.4. The van der Waals surface area contributed by atoms with Crippen LogP contribution in [0.2, 0.25) is 0 Å². The largest absolute Gasteiger partial charge is 0.424 e. The molecule has 0 radical (unpaired) electrons. The van der Waals surface area contributed by atoms with Crippen molar-refractivity contribution in [2.45, 2.75) is 13.8 Å². The summed E-state index contributed by atoms with van der Waals surface area (Å²) in [7, 11) is 0. The van der Waals surface area contributed by atoms with Crippen LogP contribution in [0.5, 0.6) is 11.8 Å². The fraction of sp³-hybridized carbons (Fsp3) is 0.136. The maximum absolute atomic E-state index is 12.4. The average molecular weight is 402 g/mol. The average Bonchev–Trinajstić information content (AvgIpc) is 2.94. The number of nitrogens with zero attached hydrogens (tertiary/aromatic N) is 3. The van der Waals surface area contributed by atoms with Gasteiger partial charge in [-0.2, -0.15) is 0 Å². The number of ether oxygens (including phenoxy) is 1. The van der Waals surface area contributed by atoms with Gasteiger partial charge in [0.15, 0.2) is 0 Å². The van der Waals surface area contributed by atoms with Crippen LogP contribution in [0, 0.1) is 13.8 Å². The van der Waals surface area contributed by atoms with Crippen molar-refractivity contribution in [3.63, 3.8) is 0 Å². The minimum Gasteiger partial charge on any atom is -0.424 e. The van der Waals surface area contributed by atoms with E-state index in [2.05, 4.69) is 15.3 Å². The lowest BCUT2D eigenvalue weighted by atomic mass is 10.1. The summed E-state index contributed by atoms with van der Waals surface area (Å²) in [6, 6.07) is 15.2. The van der Waals surface area contributed by atoms with Crippen molar-refractivity contribution < 1.29 is 19.1 Å². The second-order valence-corrected chi connectivity index (χ2v) is 6.85. The molecule has 1 N–H and O–H groups in total. The minimum absolute atomic E-state index is 0.245. The lowest BCUT2D eigenvalue weighted by molar-refractivity contribution is -0.116. The molecule has 0 atom stereocenters. The highest BCUT2D eigenvalue weighted by Crippen LogP contribution is 2.23. The molecule has 8 nitrogen and oxygen atoms in total. The van der Waals surface area contributed by atoms with Crippen LogP contribution >= 0.6 is 0 Å². The van der Waals surface area contributed by atoms with Crippen molar-refractivity contribution in [3.8, 4) is 11.8 Å². The molecule has 4 rings (SSSR count). The van der Waals surface area contributed by atoms with Gasteiger partial charge in [-0.05, 0) is 56.3 Å². The number of benzene rings is 2. The first-order chi connectivity index (χ1) is 14.4. The van der Waals surface area contributed by atoms with Crippen molar-refractivity contribution in [2.24, 2.45) is 0 Å². The van der Waals surface area contributed by atoms with Crippen molar-refractivity contribution in [2.75, 3.05) is 11.9 Å². The normalized spacial score (nSPS) is 12.7. The minimum atomic E-state index is -0.476. The molecular weight excluding hydrogens is 384 g/mol. The van der Waals surface area contributed by atoms with Crippen LogP contribution in [0.15, 0.2) is 54.6 Å². The predicted octanol–water partition coefficient (Wildman–Crippen LogP) is 3.12. The van der Waals surface area contributed by atoms with Gasteiger partial charge < -0.3 is 10.1 Å². The maximum Gasteiger partial charge on any atom is 0.322 e. The highest BCUT2D eigenvalue weighted by molar-refractivity contribution is 6.22. The molecule has 0 spiro atoms. The molecule has 0 saturated heterocycles. The molecule has 2 heterocycles. The van der Waals surface area contributed by atoms with Crippen LogP contribution in [0.25, 0.3) is 0 Å². The number of aromatic nitrogens is 2. The number of nitrogens with one attached hydrogen (secondary N) is 1. The summed E-state index contributed by atoms with van der Waals surface area (Å²) < 4.78 is 5.64. The Morgan fingerprint density at radius 3 is 2.07 bits per heavy atom. The second-order valence-electron chi connectivity index (χ2n) is 6.85. The first kappa shape index (κ1) is 19.3. The first-order valence-electron chi connectivity index (χ1n) is 9.26. The van der Waals surface area contributed by atoms with Crippen LogP contribution in [0.1, 0.15) is 32.1 Å². The van der Waals surface area contributed by atoms with Gasteiger partial charge in [0, 0.05) is 17.1 Å². The summed E-state index contributed by atoms with van der Waals surface area (Å²) in [5, 5.41) is 2.67. The van der Waals surface area contributed by atoms with Crippen LogP contribution in [0.4, 0.5) is 5.69 Å². The van der Waals surface area contributed by atoms with E-state index in [0.717, 1.165) is 16.3 Å². The summed E-state index contributed by atoms with van der Waals surface area (Å²) in [5.41, 5.74) is 2.73. The Labute approximate surface area is 172 Å². The Kier molecular flexibility index (Phi) is 4.97. The molecular formula is C22H18N4O4. The van der Waals surface area contributed by atoms with Gasteiger partial charge in [-0.15, -0.1) is 0 Å². The van der Waals surface area contributed by atoms with E-state index in [1.807, 2.05) is 19.9 Å². The van der Waals surface area contributed by atoms with Gasteiger partial charge in [0.25, 0.3) is 11.8 Å². The third-order valence-corrected chi connectivity index (χ3v) is 4.49. The number of aryl methyl sites for hydroxylation is 2. The molecule has 30 heavy (non-hydrogen) atoms. The highest BCUT2D eigenvalue weighted by Gasteiger charge is 2.36. The SMILES string of the molecule is Cc1cc(C)nc(Oc2ccc(NC(=O)CN3C(=O)c4ccccc4C3=O)cc2)n1. The number of carbonyl (C=O) groups excluding carboxylic acids is 3. The Bertz CT molecular complexity index is 1100. The summed E-state index contributed by atoms with van der Waals surface area (Å²) in [6.45, 7) is 3.35. The van der Waals surface area contributed by atoms with Gasteiger partial charge in [-0.25, -0.2) is 9.97 Å². The maximum atomic E-state index is 12.4. The van der Waals surface area contributed by atoms with E-state index in [0.29, 0.717) is 22.6 Å². The smallest absolute Gasteiger partial charge is 0.322 e. The molecule has 3 amide bonds. The van der Waals surface area contributed by atoms with Gasteiger partial charge in [0.2, 0.25) is 5.91 Å². The van der Waals surface area contributed by atoms with Crippen molar-refractivity contribution in [3.05, 3.63) is 77.1 Å². The molecule has 0 saturated carbocycles. The molecule has 1 aliphatic rings. The molecule has 0 fully saturated rings. The Balaban J connectivity index is 1.38. The standard InChI is InChI=1S/C22H18N4O4/c1-13-11-14(2)24-22(23-13)30-16-9-7-15(8-10-16)25-19(27)12-26-20(28)17-5-3-4-6-18(17)21(26)29/h3-11H,12H2,1-2H3,(H,25,27). The van der Waals surface area contributed by atoms with E-state index in [1.54, 1.807) is 48.5 Å². The van der Waals surface area contributed by atoms with Gasteiger partial charge in [0.1, 0.15) is 12.3 Å². The van der Waals surface area contributed by atoms with E-state index in [4.69, 9.17) is 4.74 Å². The number of hydrogen-bond acceptors (Lipinski definition) is 6. The van der Waals surface area contributed by atoms with Crippen molar-refractivity contribution in [1.82, 2.24) is 14.9 Å². The second kappa shape index (κ2) is 7.75. The lowest BCUT2D eigenvalue weighted by Gasteiger charge is -2.14. The molecule has 0 unspecified atom stereocenters. The van der Waals surface area contributed by atoms with E-state index < -0.39 is 17.7 Å². The fourth-order valence-corrected chi connectivity index (χ4v) is 3.18. The monoisotopic (exact) mass is 402 g/mol. The quantitative estimate of drug-likeness (QED) is 0.658. The molecule has 0 bridgehead atoms. The number of amides is 3. The fourth-order valence-electron chi connectivity index (χ4n) is 3.18.